The number of nitrogens with zero attached hydrogens (tertiary/aromatic N) is 3. The van der Waals surface area contributed by atoms with E-state index in [1.165, 1.54) is 0 Å². The van der Waals surface area contributed by atoms with E-state index in [-0.39, 0.29) is 11.7 Å². The molecule has 1 aliphatic rings. The SMILES string of the molecule is C[C@H]1CCN(c2ccccc2C(=O)O)c2cc3ccn(COCC[Si](C)(C)C)c3nc2O1. The van der Waals surface area contributed by atoms with E-state index in [9.17, 15) is 9.90 Å². The molecule has 0 fully saturated rings. The number of aromatic carboxylic acids is 1. The summed E-state index contributed by atoms with van der Waals surface area (Å²) in [4.78, 5) is 18.7. The zero-order valence-electron chi connectivity index (χ0n) is 19.2. The third-order valence-corrected chi connectivity index (χ3v) is 7.40. The molecule has 1 aliphatic heterocycles. The number of hydrogen-bond donors (Lipinski definition) is 1. The molecule has 0 amide bonds. The molecule has 1 atom stereocenters. The first-order valence-electron chi connectivity index (χ1n) is 11.1. The Morgan fingerprint density at radius 3 is 2.78 bits per heavy atom. The van der Waals surface area contributed by atoms with Gasteiger partial charge in [-0.05, 0) is 37.2 Å². The van der Waals surface area contributed by atoms with Crippen LogP contribution < -0.4 is 9.64 Å². The topological polar surface area (TPSA) is 76.8 Å². The molecule has 7 nitrogen and oxygen atoms in total. The van der Waals surface area contributed by atoms with Crippen LogP contribution in [0.25, 0.3) is 11.0 Å². The summed E-state index contributed by atoms with van der Waals surface area (Å²) >= 11 is 0. The van der Waals surface area contributed by atoms with Gasteiger partial charge in [-0.15, -0.1) is 0 Å². The molecule has 3 aromatic rings. The summed E-state index contributed by atoms with van der Waals surface area (Å²) in [5.41, 5.74) is 2.50. The van der Waals surface area contributed by atoms with Gasteiger partial charge in [0.2, 0.25) is 5.88 Å². The largest absolute Gasteiger partial charge is 0.478 e. The fraction of sp³-hybridized carbons (Fsp3) is 0.417. The minimum absolute atomic E-state index is 0.0305. The van der Waals surface area contributed by atoms with Crippen LogP contribution in [0.4, 0.5) is 11.4 Å². The van der Waals surface area contributed by atoms with Gasteiger partial charge in [0.05, 0.1) is 17.4 Å². The number of hydrogen-bond acceptors (Lipinski definition) is 5. The van der Waals surface area contributed by atoms with Gasteiger partial charge in [0.1, 0.15) is 18.1 Å². The smallest absolute Gasteiger partial charge is 0.337 e. The lowest BCUT2D eigenvalue weighted by atomic mass is 10.1. The van der Waals surface area contributed by atoms with E-state index in [1.54, 1.807) is 12.1 Å². The quantitative estimate of drug-likeness (QED) is 0.384. The molecular weight excluding hydrogens is 422 g/mol. The Labute approximate surface area is 189 Å². The number of carbonyl (C=O) groups is 1. The van der Waals surface area contributed by atoms with Crippen molar-refractivity contribution < 1.29 is 19.4 Å². The van der Waals surface area contributed by atoms with E-state index in [2.05, 4.69) is 19.6 Å². The molecule has 170 valence electrons. The van der Waals surface area contributed by atoms with Gasteiger partial charge in [-0.3, -0.25) is 0 Å². The number of rotatable bonds is 7. The van der Waals surface area contributed by atoms with Crippen LogP contribution >= 0.6 is 0 Å². The minimum Gasteiger partial charge on any atom is -0.478 e. The fourth-order valence-corrected chi connectivity index (χ4v) is 4.59. The van der Waals surface area contributed by atoms with Crippen LogP contribution in [-0.2, 0) is 11.5 Å². The van der Waals surface area contributed by atoms with Crippen molar-refractivity contribution in [3.8, 4) is 5.88 Å². The van der Waals surface area contributed by atoms with E-state index in [0.29, 0.717) is 24.8 Å². The number of pyridine rings is 1. The molecule has 0 aliphatic carbocycles. The van der Waals surface area contributed by atoms with Crippen molar-refractivity contribution in [2.75, 3.05) is 18.1 Å². The standard InChI is InChI=1S/C24H31N3O4Si/c1-17-9-12-27(20-8-6-5-7-19(20)24(28)29)21-15-18-10-11-26(22(18)25-23(21)31-17)16-30-13-14-32(2,3)4/h5-8,10-11,15,17H,9,12-14,16H2,1-4H3,(H,28,29)/t17-/m0/s1. The number of benzene rings is 1. The summed E-state index contributed by atoms with van der Waals surface area (Å²) in [7, 11) is -1.14. The molecule has 2 aromatic heterocycles. The Balaban J connectivity index is 1.69. The van der Waals surface area contributed by atoms with Crippen LogP contribution in [0.1, 0.15) is 23.7 Å². The maximum Gasteiger partial charge on any atom is 0.337 e. The summed E-state index contributed by atoms with van der Waals surface area (Å²) in [6.07, 6.45) is 2.70. The van der Waals surface area contributed by atoms with Crippen molar-refractivity contribution in [2.45, 2.75) is 51.9 Å². The number of anilines is 2. The van der Waals surface area contributed by atoms with Crippen molar-refractivity contribution in [3.05, 3.63) is 48.2 Å². The lowest BCUT2D eigenvalue weighted by Crippen LogP contribution is -2.22. The molecule has 3 heterocycles. The summed E-state index contributed by atoms with van der Waals surface area (Å²) in [6, 6.07) is 12.2. The van der Waals surface area contributed by atoms with Gasteiger partial charge in [-0.1, -0.05) is 31.8 Å². The molecule has 0 radical (unpaired) electrons. The van der Waals surface area contributed by atoms with Gasteiger partial charge >= 0.3 is 5.97 Å². The Morgan fingerprint density at radius 2 is 2.03 bits per heavy atom. The average molecular weight is 454 g/mol. The van der Waals surface area contributed by atoms with Crippen molar-refractivity contribution in [1.29, 1.82) is 0 Å². The zero-order valence-corrected chi connectivity index (χ0v) is 20.2. The number of carboxylic acid groups (broad SMARTS) is 1. The molecule has 0 saturated carbocycles. The minimum atomic E-state index is -1.14. The van der Waals surface area contributed by atoms with Crippen LogP contribution in [0, 0.1) is 0 Å². The molecule has 0 saturated heterocycles. The number of carboxylic acids is 1. The number of aromatic nitrogens is 2. The van der Waals surface area contributed by atoms with Gasteiger partial charge in [-0.25, -0.2) is 4.79 Å². The molecule has 4 rings (SSSR count). The maximum atomic E-state index is 11.8. The van der Waals surface area contributed by atoms with Crippen molar-refractivity contribution in [1.82, 2.24) is 9.55 Å². The van der Waals surface area contributed by atoms with E-state index in [4.69, 9.17) is 14.5 Å². The van der Waals surface area contributed by atoms with Crippen LogP contribution in [0.15, 0.2) is 42.6 Å². The molecular formula is C24H31N3O4Si. The Kier molecular flexibility index (Phi) is 6.26. The second-order valence-corrected chi connectivity index (χ2v) is 15.2. The van der Waals surface area contributed by atoms with Gasteiger partial charge in [0, 0.05) is 39.2 Å². The van der Waals surface area contributed by atoms with Crippen molar-refractivity contribution in [3.63, 3.8) is 0 Å². The van der Waals surface area contributed by atoms with Crippen molar-refractivity contribution in [2.24, 2.45) is 0 Å². The highest BCUT2D eigenvalue weighted by Crippen LogP contribution is 2.39. The van der Waals surface area contributed by atoms with Crippen LogP contribution in [0.2, 0.25) is 25.7 Å². The normalized spacial score (nSPS) is 16.5. The number of ether oxygens (including phenoxy) is 2. The summed E-state index contributed by atoms with van der Waals surface area (Å²) in [5.74, 6) is -0.430. The van der Waals surface area contributed by atoms with Gasteiger partial charge < -0.3 is 24.0 Å². The fourth-order valence-electron chi connectivity index (χ4n) is 3.83. The van der Waals surface area contributed by atoms with Gasteiger partial charge in [0.25, 0.3) is 0 Å². The van der Waals surface area contributed by atoms with Crippen LogP contribution in [0.5, 0.6) is 5.88 Å². The zero-order chi connectivity index (χ0) is 22.9. The Morgan fingerprint density at radius 1 is 1.25 bits per heavy atom. The van der Waals surface area contributed by atoms with E-state index in [0.717, 1.165) is 35.8 Å². The van der Waals surface area contributed by atoms with Gasteiger partial charge in [-0.2, -0.15) is 4.98 Å². The summed E-state index contributed by atoms with van der Waals surface area (Å²) in [6.45, 7) is 10.9. The lowest BCUT2D eigenvalue weighted by molar-refractivity contribution is 0.0697. The lowest BCUT2D eigenvalue weighted by Gasteiger charge is -2.25. The highest BCUT2D eigenvalue weighted by atomic mass is 28.3. The summed E-state index contributed by atoms with van der Waals surface area (Å²) < 4.78 is 14.1. The molecule has 0 spiro atoms. The molecule has 1 aromatic carbocycles. The van der Waals surface area contributed by atoms with Crippen molar-refractivity contribution >= 4 is 36.5 Å². The third-order valence-electron chi connectivity index (χ3n) is 5.70. The van der Waals surface area contributed by atoms with E-state index in [1.807, 2.05) is 46.9 Å². The molecule has 8 heteroatoms. The Hall–Kier alpha value is -2.84. The first kappa shape index (κ1) is 22.4. The predicted octanol–water partition coefficient (Wildman–Crippen LogP) is 5.36. The molecule has 1 N–H and O–H groups in total. The van der Waals surface area contributed by atoms with Crippen LogP contribution in [-0.4, -0.2) is 48.0 Å². The predicted molar refractivity (Wildman–Crippen MR) is 129 cm³/mol. The second kappa shape index (κ2) is 8.95. The highest BCUT2D eigenvalue weighted by molar-refractivity contribution is 6.76. The summed E-state index contributed by atoms with van der Waals surface area (Å²) in [5, 5.41) is 10.7. The first-order valence-corrected chi connectivity index (χ1v) is 14.8. The highest BCUT2D eigenvalue weighted by Gasteiger charge is 2.26. The second-order valence-electron chi connectivity index (χ2n) is 9.55. The number of para-hydroxylation sites is 1. The molecule has 32 heavy (non-hydrogen) atoms. The number of fused-ring (bicyclic) bond motifs is 2. The maximum absolute atomic E-state index is 11.8. The average Bonchev–Trinajstić information content (AvgIpc) is 3.04. The third kappa shape index (κ3) is 4.81. The van der Waals surface area contributed by atoms with Crippen LogP contribution in [0.3, 0.4) is 0 Å². The van der Waals surface area contributed by atoms with E-state index < -0.39 is 14.0 Å². The molecule has 0 unspecified atom stereocenters. The van der Waals surface area contributed by atoms with E-state index >= 15 is 0 Å². The molecule has 0 bridgehead atoms. The van der Waals surface area contributed by atoms with Gasteiger partial charge in [0.15, 0.2) is 0 Å². The Bertz CT molecular complexity index is 1120. The first-order chi connectivity index (χ1) is 15.2. The monoisotopic (exact) mass is 453 g/mol.